The van der Waals surface area contributed by atoms with Gasteiger partial charge in [0, 0.05) is 0 Å². The van der Waals surface area contributed by atoms with Gasteiger partial charge in [-0.2, -0.15) is 0 Å². The number of hydrogen-bond donors (Lipinski definition) is 2. The van der Waals surface area contributed by atoms with E-state index < -0.39 is 18.5 Å². The second-order valence-corrected chi connectivity index (χ2v) is 3.77. The Morgan fingerprint density at radius 1 is 1.44 bits per heavy atom. The molecule has 0 saturated heterocycles. The molecular weight excluding hydrogens is 256 g/mol. The lowest BCUT2D eigenvalue weighted by atomic mass is 10.3. The summed E-state index contributed by atoms with van der Waals surface area (Å²) < 4.78 is 0. The first-order valence-corrected chi connectivity index (χ1v) is 5.38. The lowest BCUT2D eigenvalue weighted by Crippen LogP contribution is -2.39. The molecule has 0 bridgehead atoms. The number of carbonyl (C=O) groups is 2. The molecule has 0 aliphatic heterocycles. The zero-order chi connectivity index (χ0) is 13.5. The monoisotopic (exact) mass is 266 g/mol. The quantitative estimate of drug-likeness (QED) is 0.818. The Bertz CT molecular complexity index is 496. The van der Waals surface area contributed by atoms with Gasteiger partial charge in [0.1, 0.15) is 6.54 Å². The van der Waals surface area contributed by atoms with Crippen LogP contribution in [0.1, 0.15) is 0 Å². The van der Waals surface area contributed by atoms with Crippen molar-refractivity contribution in [1.82, 2.24) is 4.90 Å². The molecule has 0 spiro atoms. The third-order valence-electron chi connectivity index (χ3n) is 2.01. The number of urea groups is 1. The number of rotatable bonds is 4. The molecule has 0 saturated carbocycles. The summed E-state index contributed by atoms with van der Waals surface area (Å²) in [6, 6.07) is 6.02. The Morgan fingerprint density at radius 3 is 2.67 bits per heavy atom. The molecule has 6 heteroatoms. The van der Waals surface area contributed by atoms with Crippen molar-refractivity contribution in [2.75, 3.05) is 18.4 Å². The maximum Gasteiger partial charge on any atom is 0.323 e. The molecule has 0 radical (unpaired) electrons. The Hall–Kier alpha value is -2.19. The Balaban J connectivity index is 2.76. The number of nitrogens with zero attached hydrogens (tertiary/aromatic N) is 1. The first kappa shape index (κ1) is 13.9. The van der Waals surface area contributed by atoms with Gasteiger partial charge in [0.15, 0.2) is 0 Å². The molecule has 0 aliphatic carbocycles. The summed E-state index contributed by atoms with van der Waals surface area (Å²) in [6.45, 7) is -0.566. The van der Waals surface area contributed by atoms with Crippen LogP contribution in [0.25, 0.3) is 0 Å². The molecule has 0 unspecified atom stereocenters. The van der Waals surface area contributed by atoms with Crippen molar-refractivity contribution in [3.8, 4) is 12.3 Å². The summed E-state index contributed by atoms with van der Waals surface area (Å²) in [5.74, 6) is 1.08. The summed E-state index contributed by atoms with van der Waals surface area (Å²) in [6.07, 6.45) is 5.08. The predicted octanol–water partition coefficient (Wildman–Crippen LogP) is 1.89. The molecule has 94 valence electrons. The molecule has 1 rings (SSSR count). The van der Waals surface area contributed by atoms with Gasteiger partial charge in [-0.15, -0.1) is 6.42 Å². The lowest BCUT2D eigenvalue weighted by molar-refractivity contribution is -0.137. The second kappa shape index (κ2) is 6.52. The SMILES string of the molecule is C#CCN(CC(=O)O)C(=O)Nc1ccccc1Cl. The average Bonchev–Trinajstić information content (AvgIpc) is 2.31. The van der Waals surface area contributed by atoms with E-state index in [1.165, 1.54) is 0 Å². The third-order valence-corrected chi connectivity index (χ3v) is 2.34. The highest BCUT2D eigenvalue weighted by Gasteiger charge is 2.16. The predicted molar refractivity (Wildman–Crippen MR) is 68.5 cm³/mol. The van der Waals surface area contributed by atoms with Gasteiger partial charge in [0.2, 0.25) is 0 Å². The molecule has 0 aliphatic rings. The second-order valence-electron chi connectivity index (χ2n) is 3.36. The van der Waals surface area contributed by atoms with Crippen LogP contribution in [0.4, 0.5) is 10.5 Å². The molecular formula is C12H11ClN2O3. The highest BCUT2D eigenvalue weighted by atomic mass is 35.5. The summed E-state index contributed by atoms with van der Waals surface area (Å²) in [5.41, 5.74) is 0.400. The molecule has 0 atom stereocenters. The molecule has 18 heavy (non-hydrogen) atoms. The highest BCUT2D eigenvalue weighted by molar-refractivity contribution is 6.33. The fourth-order valence-electron chi connectivity index (χ4n) is 1.23. The number of carboxylic acids is 1. The van der Waals surface area contributed by atoms with Crippen LogP contribution in [0.3, 0.4) is 0 Å². The van der Waals surface area contributed by atoms with E-state index in [2.05, 4.69) is 11.2 Å². The van der Waals surface area contributed by atoms with Crippen LogP contribution in [0, 0.1) is 12.3 Å². The first-order valence-electron chi connectivity index (χ1n) is 5.00. The van der Waals surface area contributed by atoms with Gasteiger partial charge in [-0.1, -0.05) is 29.7 Å². The van der Waals surface area contributed by atoms with Crippen molar-refractivity contribution in [2.45, 2.75) is 0 Å². The Labute approximate surface area is 109 Å². The Morgan fingerprint density at radius 2 is 2.11 bits per heavy atom. The molecule has 0 heterocycles. The molecule has 1 aromatic rings. The van der Waals surface area contributed by atoms with E-state index in [-0.39, 0.29) is 6.54 Å². The van der Waals surface area contributed by atoms with Crippen LogP contribution in [-0.2, 0) is 4.79 Å². The van der Waals surface area contributed by atoms with E-state index >= 15 is 0 Å². The smallest absolute Gasteiger partial charge is 0.323 e. The van der Waals surface area contributed by atoms with Crippen LogP contribution in [0.15, 0.2) is 24.3 Å². The Kier molecular flexibility index (Phi) is 5.03. The normalized spacial score (nSPS) is 9.33. The van der Waals surface area contributed by atoms with Crippen LogP contribution in [-0.4, -0.2) is 35.1 Å². The summed E-state index contributed by atoms with van der Waals surface area (Å²) in [5, 5.41) is 11.5. The minimum Gasteiger partial charge on any atom is -0.480 e. The van der Waals surface area contributed by atoms with Gasteiger partial charge in [-0.05, 0) is 12.1 Å². The average molecular weight is 267 g/mol. The number of para-hydroxylation sites is 1. The topological polar surface area (TPSA) is 69.6 Å². The van der Waals surface area contributed by atoms with E-state index in [1.54, 1.807) is 24.3 Å². The van der Waals surface area contributed by atoms with E-state index in [4.69, 9.17) is 23.1 Å². The molecule has 0 fully saturated rings. The van der Waals surface area contributed by atoms with Crippen LogP contribution >= 0.6 is 11.6 Å². The van der Waals surface area contributed by atoms with Gasteiger partial charge >= 0.3 is 12.0 Å². The van der Waals surface area contributed by atoms with Gasteiger partial charge < -0.3 is 15.3 Å². The van der Waals surface area contributed by atoms with Crippen molar-refractivity contribution < 1.29 is 14.7 Å². The van der Waals surface area contributed by atoms with Crippen molar-refractivity contribution in [3.05, 3.63) is 29.3 Å². The zero-order valence-electron chi connectivity index (χ0n) is 9.39. The molecule has 0 aromatic heterocycles. The number of aliphatic carboxylic acids is 1. The molecule has 1 aromatic carbocycles. The number of halogens is 1. The maximum atomic E-state index is 11.8. The van der Waals surface area contributed by atoms with Crippen LogP contribution < -0.4 is 5.32 Å². The molecule has 5 nitrogen and oxygen atoms in total. The minimum atomic E-state index is -1.14. The van der Waals surface area contributed by atoms with E-state index in [1.807, 2.05) is 0 Å². The van der Waals surface area contributed by atoms with Crippen molar-refractivity contribution >= 4 is 29.3 Å². The maximum absolute atomic E-state index is 11.8. The zero-order valence-corrected chi connectivity index (χ0v) is 10.1. The standard InChI is InChI=1S/C12H11ClN2O3/c1-2-7-15(8-11(16)17)12(18)14-10-6-4-3-5-9(10)13/h1,3-6H,7-8H2,(H,14,18)(H,16,17). The number of amides is 2. The largest absolute Gasteiger partial charge is 0.480 e. The van der Waals surface area contributed by atoms with Gasteiger partial charge in [0.05, 0.1) is 17.3 Å². The number of nitrogens with one attached hydrogen (secondary N) is 1. The fraction of sp³-hybridized carbons (Fsp3) is 0.167. The van der Waals surface area contributed by atoms with Crippen LogP contribution in [0.5, 0.6) is 0 Å². The summed E-state index contributed by atoms with van der Waals surface area (Å²) in [4.78, 5) is 23.4. The van der Waals surface area contributed by atoms with Crippen molar-refractivity contribution in [1.29, 1.82) is 0 Å². The summed E-state index contributed by atoms with van der Waals surface area (Å²) >= 11 is 5.87. The van der Waals surface area contributed by atoms with Crippen molar-refractivity contribution in [3.63, 3.8) is 0 Å². The van der Waals surface area contributed by atoms with Gasteiger partial charge in [-0.25, -0.2) is 4.79 Å². The lowest BCUT2D eigenvalue weighted by Gasteiger charge is -2.18. The number of benzene rings is 1. The van der Waals surface area contributed by atoms with E-state index in [0.717, 1.165) is 4.90 Å². The molecule has 2 N–H and O–H groups in total. The van der Waals surface area contributed by atoms with Gasteiger partial charge in [0.25, 0.3) is 0 Å². The third kappa shape index (κ3) is 4.00. The number of anilines is 1. The number of hydrogen-bond acceptors (Lipinski definition) is 2. The first-order chi connectivity index (χ1) is 8.54. The van der Waals surface area contributed by atoms with Gasteiger partial charge in [-0.3, -0.25) is 4.79 Å². The highest BCUT2D eigenvalue weighted by Crippen LogP contribution is 2.20. The summed E-state index contributed by atoms with van der Waals surface area (Å²) in [7, 11) is 0. The molecule has 2 amide bonds. The van der Waals surface area contributed by atoms with E-state index in [9.17, 15) is 9.59 Å². The van der Waals surface area contributed by atoms with Crippen LogP contribution in [0.2, 0.25) is 5.02 Å². The fourth-order valence-corrected chi connectivity index (χ4v) is 1.41. The van der Waals surface area contributed by atoms with E-state index in [0.29, 0.717) is 10.7 Å². The minimum absolute atomic E-state index is 0.0947. The number of terminal acetylenes is 1. The number of carboxylic acid groups (broad SMARTS) is 1. The van der Waals surface area contributed by atoms with Crippen molar-refractivity contribution in [2.24, 2.45) is 0 Å². The number of carbonyl (C=O) groups excluding carboxylic acids is 1.